The Morgan fingerprint density at radius 2 is 1.86 bits per heavy atom. The van der Waals surface area contributed by atoms with Gasteiger partial charge in [0.05, 0.1) is 27.8 Å². The van der Waals surface area contributed by atoms with Gasteiger partial charge in [0.2, 0.25) is 20.0 Å². The molecule has 0 saturated carbocycles. The van der Waals surface area contributed by atoms with Crippen molar-refractivity contribution in [3.63, 3.8) is 0 Å². The molecule has 0 amide bonds. The number of aryl methyl sites for hydroxylation is 1. The van der Waals surface area contributed by atoms with E-state index in [4.69, 9.17) is 0 Å². The minimum absolute atomic E-state index is 0.0191. The van der Waals surface area contributed by atoms with Crippen LogP contribution in [0.5, 0.6) is 0 Å². The van der Waals surface area contributed by atoms with Crippen LogP contribution in [-0.4, -0.2) is 65.9 Å². The van der Waals surface area contributed by atoms with Crippen LogP contribution in [0.2, 0.25) is 0 Å². The van der Waals surface area contributed by atoms with E-state index in [2.05, 4.69) is 0 Å². The lowest BCUT2D eigenvalue weighted by Crippen LogP contribution is -2.41. The molecule has 1 aromatic carbocycles. The lowest BCUT2D eigenvalue weighted by molar-refractivity contribution is 0.354. The molecule has 158 valence electrons. The maximum atomic E-state index is 13.3. The summed E-state index contributed by atoms with van der Waals surface area (Å²) >= 11 is 0. The molecule has 0 spiro atoms. The summed E-state index contributed by atoms with van der Waals surface area (Å²) in [7, 11) is -10.7. The summed E-state index contributed by atoms with van der Waals surface area (Å²) in [4.78, 5) is 0.0249. The van der Waals surface area contributed by atoms with Crippen LogP contribution in [0.15, 0.2) is 23.1 Å². The lowest BCUT2D eigenvalue weighted by Gasteiger charge is -2.30. The highest BCUT2D eigenvalue weighted by molar-refractivity contribution is 7.93. The zero-order chi connectivity index (χ0) is 20.7. The van der Waals surface area contributed by atoms with Gasteiger partial charge in [-0.1, -0.05) is 13.0 Å². The summed E-state index contributed by atoms with van der Waals surface area (Å²) in [6.45, 7) is 3.80. The Balaban J connectivity index is 2.02. The molecule has 2 heterocycles. The van der Waals surface area contributed by atoms with Crippen molar-refractivity contribution in [2.45, 2.75) is 44.0 Å². The third-order valence-electron chi connectivity index (χ3n) is 5.32. The van der Waals surface area contributed by atoms with Gasteiger partial charge >= 0.3 is 0 Å². The second-order valence-electron chi connectivity index (χ2n) is 7.31. The van der Waals surface area contributed by atoms with Crippen LogP contribution in [0, 0.1) is 6.92 Å². The summed E-state index contributed by atoms with van der Waals surface area (Å²) in [6.07, 6.45) is 1.58. The van der Waals surface area contributed by atoms with Gasteiger partial charge < -0.3 is 0 Å². The van der Waals surface area contributed by atoms with E-state index >= 15 is 0 Å². The molecule has 2 aliphatic heterocycles. The largest absolute Gasteiger partial charge is 0.270 e. The van der Waals surface area contributed by atoms with Crippen LogP contribution >= 0.6 is 0 Å². The second-order valence-corrected chi connectivity index (χ2v) is 13.4. The molecule has 2 aliphatic rings. The van der Waals surface area contributed by atoms with Gasteiger partial charge in [0, 0.05) is 19.1 Å². The van der Waals surface area contributed by atoms with Crippen molar-refractivity contribution in [2.75, 3.05) is 34.7 Å². The quantitative estimate of drug-likeness (QED) is 0.665. The van der Waals surface area contributed by atoms with E-state index in [9.17, 15) is 25.3 Å². The van der Waals surface area contributed by atoms with Crippen LogP contribution < -0.4 is 4.31 Å². The van der Waals surface area contributed by atoms with Crippen LogP contribution in [0.25, 0.3) is 0 Å². The molecule has 11 heteroatoms. The average Bonchev–Trinajstić information content (AvgIpc) is 2.95. The molecule has 3 rings (SSSR count). The summed E-state index contributed by atoms with van der Waals surface area (Å²) in [5.74, 6) is -0.155. The van der Waals surface area contributed by atoms with Crippen molar-refractivity contribution >= 4 is 35.6 Å². The second kappa shape index (κ2) is 7.58. The highest BCUT2D eigenvalue weighted by Gasteiger charge is 2.39. The molecule has 2 fully saturated rings. The number of benzene rings is 1. The molecule has 0 aromatic heterocycles. The van der Waals surface area contributed by atoms with Crippen molar-refractivity contribution in [1.29, 1.82) is 0 Å². The standard InChI is InChI=1S/C17H26N2O6S3/c1-3-18(16-8-11-26(20,21)13-16)28(24,25)17-12-15(7-6-14(17)2)19-9-4-5-10-27(19,22)23/h6-7,12,16H,3-5,8-11,13H2,1-2H3. The van der Waals surface area contributed by atoms with Crippen molar-refractivity contribution in [1.82, 2.24) is 4.31 Å². The first kappa shape index (κ1) is 21.5. The first-order valence-electron chi connectivity index (χ1n) is 9.31. The molecule has 0 N–H and O–H groups in total. The number of hydrogen-bond acceptors (Lipinski definition) is 6. The fourth-order valence-electron chi connectivity index (χ4n) is 3.85. The van der Waals surface area contributed by atoms with Gasteiger partial charge in [-0.05, 0) is 43.9 Å². The Labute approximate surface area is 167 Å². The maximum Gasteiger partial charge on any atom is 0.243 e. The Bertz CT molecular complexity index is 1060. The monoisotopic (exact) mass is 450 g/mol. The number of nitrogens with zero attached hydrogens (tertiary/aromatic N) is 2. The van der Waals surface area contributed by atoms with Crippen molar-refractivity contribution in [3.05, 3.63) is 23.8 Å². The first-order valence-corrected chi connectivity index (χ1v) is 14.2. The Kier molecular flexibility index (Phi) is 5.83. The summed E-state index contributed by atoms with van der Waals surface area (Å²) in [6, 6.07) is 4.03. The highest BCUT2D eigenvalue weighted by Crippen LogP contribution is 2.31. The van der Waals surface area contributed by atoms with Crippen molar-refractivity contribution < 1.29 is 25.3 Å². The number of hydrogen-bond donors (Lipinski definition) is 0. The number of sulfonamides is 2. The average molecular weight is 451 g/mol. The molecule has 8 nitrogen and oxygen atoms in total. The number of sulfone groups is 1. The van der Waals surface area contributed by atoms with E-state index in [1.54, 1.807) is 26.0 Å². The highest BCUT2D eigenvalue weighted by atomic mass is 32.2. The van der Waals surface area contributed by atoms with Gasteiger partial charge in [0.25, 0.3) is 0 Å². The van der Waals surface area contributed by atoms with Crippen LogP contribution in [-0.2, 0) is 29.9 Å². The molecule has 1 atom stereocenters. The zero-order valence-corrected chi connectivity index (χ0v) is 18.5. The van der Waals surface area contributed by atoms with E-state index in [1.165, 1.54) is 14.7 Å². The lowest BCUT2D eigenvalue weighted by atomic mass is 10.2. The molecular formula is C17H26N2O6S3. The molecule has 0 aliphatic carbocycles. The minimum Gasteiger partial charge on any atom is -0.270 e. The van der Waals surface area contributed by atoms with E-state index < -0.39 is 35.9 Å². The first-order chi connectivity index (χ1) is 13.0. The Morgan fingerprint density at radius 3 is 2.43 bits per heavy atom. The van der Waals surface area contributed by atoms with Crippen LogP contribution in [0.1, 0.15) is 31.7 Å². The molecule has 28 heavy (non-hydrogen) atoms. The molecule has 1 unspecified atom stereocenters. The van der Waals surface area contributed by atoms with Gasteiger partial charge in [-0.15, -0.1) is 0 Å². The van der Waals surface area contributed by atoms with Crippen LogP contribution in [0.4, 0.5) is 5.69 Å². The van der Waals surface area contributed by atoms with Gasteiger partial charge in [0.1, 0.15) is 0 Å². The third-order valence-corrected chi connectivity index (χ3v) is 11.1. The summed E-state index contributed by atoms with van der Waals surface area (Å²) in [5, 5.41) is 0. The Morgan fingerprint density at radius 1 is 1.14 bits per heavy atom. The predicted octanol–water partition coefficient (Wildman–Crippen LogP) is 1.12. The third kappa shape index (κ3) is 4.07. The number of anilines is 1. The van der Waals surface area contributed by atoms with Crippen molar-refractivity contribution in [3.8, 4) is 0 Å². The van der Waals surface area contributed by atoms with E-state index in [1.807, 2.05) is 0 Å². The van der Waals surface area contributed by atoms with Crippen LogP contribution in [0.3, 0.4) is 0 Å². The van der Waals surface area contributed by atoms with Gasteiger partial charge in [-0.25, -0.2) is 25.3 Å². The smallest absolute Gasteiger partial charge is 0.243 e. The fourth-order valence-corrected chi connectivity index (χ4v) is 9.22. The van der Waals surface area contributed by atoms with Crippen molar-refractivity contribution in [2.24, 2.45) is 0 Å². The number of rotatable bonds is 5. The SMILES string of the molecule is CCN(C1CCS(=O)(=O)C1)S(=O)(=O)c1cc(N2CCCCS2(=O)=O)ccc1C. The maximum absolute atomic E-state index is 13.3. The topological polar surface area (TPSA) is 109 Å². The Hall–Kier alpha value is -1.17. The van der Waals surface area contributed by atoms with Gasteiger partial charge in [0.15, 0.2) is 9.84 Å². The summed E-state index contributed by atoms with van der Waals surface area (Å²) in [5.41, 5.74) is 0.830. The molecule has 1 aromatic rings. The molecular weight excluding hydrogens is 424 g/mol. The predicted molar refractivity (Wildman–Crippen MR) is 108 cm³/mol. The fraction of sp³-hybridized carbons (Fsp3) is 0.647. The minimum atomic E-state index is -3.97. The van der Waals surface area contributed by atoms with E-state index in [-0.39, 0.29) is 35.1 Å². The van der Waals surface area contributed by atoms with Gasteiger partial charge in [-0.3, -0.25) is 4.31 Å². The molecule has 0 radical (unpaired) electrons. The van der Waals surface area contributed by atoms with E-state index in [0.717, 1.165) is 6.42 Å². The normalized spacial score (nSPS) is 24.5. The van der Waals surface area contributed by atoms with Gasteiger partial charge in [-0.2, -0.15) is 4.31 Å². The molecule has 0 bridgehead atoms. The van der Waals surface area contributed by atoms with E-state index in [0.29, 0.717) is 24.2 Å². The summed E-state index contributed by atoms with van der Waals surface area (Å²) < 4.78 is 77.6. The molecule has 2 saturated heterocycles. The zero-order valence-electron chi connectivity index (χ0n) is 16.0.